The molecule has 288 valence electrons. The van der Waals surface area contributed by atoms with Crippen molar-refractivity contribution in [3.05, 3.63) is 0 Å². The normalized spacial score (nSPS) is 14.6. The monoisotopic (exact) mass is 769 g/mol. The summed E-state index contributed by atoms with van der Waals surface area (Å²) in [5.74, 6) is -13.2. The summed E-state index contributed by atoms with van der Waals surface area (Å²) >= 11 is 0. The van der Waals surface area contributed by atoms with E-state index in [-0.39, 0.29) is 25.1 Å². The first-order chi connectivity index (χ1) is 23.5. The number of nitrogens with two attached hydrogens (primary N) is 3. The molecule has 51 heavy (non-hydrogen) atoms. The van der Waals surface area contributed by atoms with Gasteiger partial charge in [-0.05, 0) is 26.7 Å². The predicted octanol–water partition coefficient (Wildman–Crippen LogP) is -4.40. The molecule has 0 rings (SSSR count). The van der Waals surface area contributed by atoms with Crippen molar-refractivity contribution in [2.45, 2.75) is 86.9 Å². The average Bonchev–Trinajstić information content (AvgIpc) is 2.98. The van der Waals surface area contributed by atoms with Crippen molar-refractivity contribution in [2.24, 2.45) is 17.2 Å². The minimum atomic E-state index is -2.01. The Kier molecular flexibility index (Phi) is 19.9. The first-order valence-corrected chi connectivity index (χ1v) is 17.0. The first-order valence-electron chi connectivity index (χ1n) is 14.7. The van der Waals surface area contributed by atoms with Gasteiger partial charge in [0.15, 0.2) is 5.96 Å². The molecular weight excluding hydrogens is 726 g/mol. The Hall–Kier alpha value is -4.88. The minimum Gasteiger partial charge on any atom is -0.481 e. The van der Waals surface area contributed by atoms with Crippen LogP contribution in [0.4, 0.5) is 0 Å². The molecule has 0 aliphatic heterocycles. The standard InChI is InChI=1S/C26H43N9O14S2/c1-26(2,51-50-9-11(28)23(46)47)18(24(48)49)35-22(45)14(8-17(40)41)34-21(44)13(7-16(38)39)33-20(43)12(4-3-5-31-25(29)30)32-19(42)10(27)6-15(36)37/h10-14,18H,3-9,27-28H2,1-2H3,(H,32,42)(H,33,43)(H,34,44)(H,35,45)(H,36,37)(H,38,39)(H,40,41)(H,46,47)(H,48,49)(H4,29,30,31). The number of nitrogens with one attached hydrogen (secondary N) is 6. The summed E-state index contributed by atoms with van der Waals surface area (Å²) in [6, 6.07) is -10.2. The van der Waals surface area contributed by atoms with Crippen LogP contribution < -0.4 is 43.8 Å². The molecule has 4 amide bonds. The van der Waals surface area contributed by atoms with Crippen molar-refractivity contribution in [3.8, 4) is 0 Å². The topological polar surface area (TPSA) is 417 Å². The fourth-order valence-corrected chi connectivity index (χ4v) is 6.59. The number of rotatable bonds is 25. The smallest absolute Gasteiger partial charge is 0.327 e. The van der Waals surface area contributed by atoms with Gasteiger partial charge in [0, 0.05) is 12.3 Å². The number of guanidine groups is 1. The van der Waals surface area contributed by atoms with Gasteiger partial charge in [-0.15, -0.1) is 0 Å². The number of carboxylic acids is 5. The lowest BCUT2D eigenvalue weighted by Gasteiger charge is -2.32. The zero-order valence-electron chi connectivity index (χ0n) is 27.4. The molecule has 0 aromatic rings. The van der Waals surface area contributed by atoms with Crippen molar-refractivity contribution >= 4 is 81.0 Å². The molecule has 6 unspecified atom stereocenters. The van der Waals surface area contributed by atoms with Gasteiger partial charge in [-0.2, -0.15) is 0 Å². The molecule has 0 fully saturated rings. The van der Waals surface area contributed by atoms with Crippen molar-refractivity contribution in [1.29, 1.82) is 5.41 Å². The highest BCUT2D eigenvalue weighted by Crippen LogP contribution is 2.38. The lowest BCUT2D eigenvalue weighted by Crippen LogP contribution is -2.60. The summed E-state index contributed by atoms with van der Waals surface area (Å²) in [6.07, 6.45) is -3.25. The molecule has 0 heterocycles. The molecule has 0 radical (unpaired) electrons. The molecule has 6 atom stereocenters. The SMILES string of the molecule is CC(C)(SSCC(N)C(=O)O)C(NC(=O)C(CC(=O)O)NC(=O)C(CC(=O)O)NC(=O)C(CCCNC(=N)N)NC(=O)C(N)CC(=O)O)C(=O)O. The zero-order valence-corrected chi connectivity index (χ0v) is 29.0. The molecule has 0 aromatic heterocycles. The van der Waals surface area contributed by atoms with Gasteiger partial charge in [-0.3, -0.25) is 43.8 Å². The molecule has 25 heteroatoms. The van der Waals surface area contributed by atoms with Gasteiger partial charge in [-0.1, -0.05) is 21.6 Å². The minimum absolute atomic E-state index is 0.0163. The summed E-state index contributed by atoms with van der Waals surface area (Å²) in [6.45, 7) is 2.76. The Morgan fingerprint density at radius 2 is 1.12 bits per heavy atom. The molecule has 0 saturated heterocycles. The molecular formula is C26H43N9O14S2. The van der Waals surface area contributed by atoms with Gasteiger partial charge in [0.1, 0.15) is 30.2 Å². The van der Waals surface area contributed by atoms with Crippen LogP contribution in [0.1, 0.15) is 46.0 Å². The van der Waals surface area contributed by atoms with Crippen molar-refractivity contribution < 1.29 is 68.7 Å². The third kappa shape index (κ3) is 18.6. The van der Waals surface area contributed by atoms with E-state index in [0.717, 1.165) is 21.6 Å². The number of hydrogen-bond donors (Lipinski definition) is 14. The highest BCUT2D eigenvalue weighted by atomic mass is 33.1. The molecule has 23 nitrogen and oxygen atoms in total. The van der Waals surface area contributed by atoms with Crippen molar-refractivity contribution in [2.75, 3.05) is 12.3 Å². The summed E-state index contributed by atoms with van der Waals surface area (Å²) in [5, 5.41) is 64.5. The Morgan fingerprint density at radius 1 is 0.667 bits per heavy atom. The number of aliphatic carboxylic acids is 5. The van der Waals surface area contributed by atoms with Crippen LogP contribution in [0.15, 0.2) is 0 Å². The summed E-state index contributed by atoms with van der Waals surface area (Å²) in [4.78, 5) is 109. The number of hydrogen-bond acceptors (Lipinski definition) is 14. The van der Waals surface area contributed by atoms with E-state index >= 15 is 0 Å². The molecule has 17 N–H and O–H groups in total. The Morgan fingerprint density at radius 3 is 1.55 bits per heavy atom. The third-order valence-electron chi connectivity index (χ3n) is 6.44. The molecule has 0 aromatic carbocycles. The largest absolute Gasteiger partial charge is 0.481 e. The lowest BCUT2D eigenvalue weighted by atomic mass is 10.0. The van der Waals surface area contributed by atoms with E-state index in [9.17, 15) is 58.5 Å². The molecule has 0 bridgehead atoms. The van der Waals surface area contributed by atoms with E-state index in [4.69, 9.17) is 32.8 Å². The van der Waals surface area contributed by atoms with Gasteiger partial charge in [0.2, 0.25) is 23.6 Å². The number of carboxylic acid groups (broad SMARTS) is 5. The van der Waals surface area contributed by atoms with E-state index in [1.807, 2.05) is 5.32 Å². The summed E-state index contributed by atoms with van der Waals surface area (Å²) in [7, 11) is 1.74. The Labute approximate surface area is 297 Å². The van der Waals surface area contributed by atoms with Gasteiger partial charge in [0.25, 0.3) is 0 Å². The van der Waals surface area contributed by atoms with Crippen LogP contribution in [0, 0.1) is 5.41 Å². The molecule has 0 spiro atoms. The number of amides is 4. The van der Waals surface area contributed by atoms with Gasteiger partial charge in [-0.25, -0.2) is 4.79 Å². The fourth-order valence-electron chi connectivity index (χ4n) is 3.82. The second kappa shape index (κ2) is 22.0. The van der Waals surface area contributed by atoms with Crippen LogP contribution in [0.5, 0.6) is 0 Å². The Bertz CT molecular complexity index is 1340. The molecule has 0 aliphatic carbocycles. The van der Waals surface area contributed by atoms with Crippen molar-refractivity contribution in [3.63, 3.8) is 0 Å². The Balaban J connectivity index is 6.14. The van der Waals surface area contributed by atoms with Crippen LogP contribution >= 0.6 is 21.6 Å². The van der Waals surface area contributed by atoms with Gasteiger partial charge >= 0.3 is 29.8 Å². The fraction of sp³-hybridized carbons (Fsp3) is 0.615. The molecule has 0 aliphatic rings. The van der Waals surface area contributed by atoms with Crippen LogP contribution in [0.2, 0.25) is 0 Å². The average molecular weight is 770 g/mol. The lowest BCUT2D eigenvalue weighted by molar-refractivity contribution is -0.145. The summed E-state index contributed by atoms with van der Waals surface area (Å²) < 4.78 is -1.38. The second-order valence-electron chi connectivity index (χ2n) is 11.3. The first kappa shape index (κ1) is 46.1. The van der Waals surface area contributed by atoms with E-state index < -0.39 is 120 Å². The van der Waals surface area contributed by atoms with E-state index in [1.54, 1.807) is 0 Å². The van der Waals surface area contributed by atoms with Gasteiger partial charge in [0.05, 0.1) is 30.1 Å². The van der Waals surface area contributed by atoms with Crippen molar-refractivity contribution in [1.82, 2.24) is 26.6 Å². The van der Waals surface area contributed by atoms with E-state index in [2.05, 4.69) is 21.3 Å². The maximum atomic E-state index is 13.2. The maximum absolute atomic E-state index is 13.2. The second-order valence-corrected chi connectivity index (χ2v) is 14.3. The van der Waals surface area contributed by atoms with Gasteiger partial charge < -0.3 is 69.3 Å². The number of carbonyl (C=O) groups excluding carboxylic acids is 4. The summed E-state index contributed by atoms with van der Waals surface area (Å²) in [5.41, 5.74) is 16.2. The predicted molar refractivity (Wildman–Crippen MR) is 179 cm³/mol. The maximum Gasteiger partial charge on any atom is 0.327 e. The molecule has 0 saturated carbocycles. The third-order valence-corrected chi connectivity index (χ3v) is 9.77. The van der Waals surface area contributed by atoms with Crippen LogP contribution in [0.25, 0.3) is 0 Å². The van der Waals surface area contributed by atoms with Crippen LogP contribution in [-0.4, -0.2) is 138 Å². The highest BCUT2D eigenvalue weighted by Gasteiger charge is 2.40. The van der Waals surface area contributed by atoms with Crippen LogP contribution in [0.3, 0.4) is 0 Å². The van der Waals surface area contributed by atoms with E-state index in [0.29, 0.717) is 0 Å². The van der Waals surface area contributed by atoms with Crippen LogP contribution in [-0.2, 0) is 43.2 Å². The number of carbonyl (C=O) groups is 9. The highest BCUT2D eigenvalue weighted by molar-refractivity contribution is 8.77. The quantitative estimate of drug-likeness (QED) is 0.0180. The van der Waals surface area contributed by atoms with E-state index in [1.165, 1.54) is 13.8 Å². The zero-order chi connectivity index (χ0) is 39.6.